The van der Waals surface area contributed by atoms with Crippen molar-refractivity contribution < 1.29 is 0 Å². The zero-order valence-corrected chi connectivity index (χ0v) is 7.37. The molecule has 0 saturated carbocycles. The molecule has 0 amide bonds. The quantitative estimate of drug-likeness (QED) is 0.630. The number of nitrogens with two attached hydrogens (primary N) is 1. The molecule has 1 rings (SSSR count). The van der Waals surface area contributed by atoms with E-state index < -0.39 is 0 Å². The highest BCUT2D eigenvalue weighted by Gasteiger charge is 1.92. The largest absolute Gasteiger partial charge is 0.330 e. The Morgan fingerprint density at radius 2 is 2.45 bits per heavy atom. The lowest BCUT2D eigenvalue weighted by atomic mass is 10.3. The SMILES string of the molecule is Cc1ccsc1C#CCCN. The van der Waals surface area contributed by atoms with Crippen LogP contribution in [0, 0.1) is 18.8 Å². The van der Waals surface area contributed by atoms with Gasteiger partial charge in [0.25, 0.3) is 0 Å². The molecule has 0 saturated heterocycles. The molecule has 0 radical (unpaired) electrons. The average molecular weight is 165 g/mol. The Bertz CT molecular complexity index is 277. The first-order chi connectivity index (χ1) is 5.34. The van der Waals surface area contributed by atoms with Crippen molar-refractivity contribution in [1.82, 2.24) is 0 Å². The maximum absolute atomic E-state index is 5.31. The monoisotopic (exact) mass is 165 g/mol. The minimum Gasteiger partial charge on any atom is -0.330 e. The molecule has 58 valence electrons. The van der Waals surface area contributed by atoms with E-state index >= 15 is 0 Å². The topological polar surface area (TPSA) is 26.0 Å². The Labute approximate surface area is 71.2 Å². The minimum atomic E-state index is 0.650. The number of hydrogen-bond acceptors (Lipinski definition) is 2. The van der Waals surface area contributed by atoms with Gasteiger partial charge in [-0.05, 0) is 23.9 Å². The van der Waals surface area contributed by atoms with Crippen LogP contribution in [0.1, 0.15) is 16.9 Å². The number of rotatable bonds is 1. The molecular weight excluding hydrogens is 154 g/mol. The zero-order chi connectivity index (χ0) is 8.10. The summed E-state index contributed by atoms with van der Waals surface area (Å²) in [6.45, 7) is 2.72. The molecule has 0 bridgehead atoms. The van der Waals surface area contributed by atoms with Gasteiger partial charge < -0.3 is 5.73 Å². The fourth-order valence-corrected chi connectivity index (χ4v) is 1.51. The third-order valence-electron chi connectivity index (χ3n) is 1.33. The standard InChI is InChI=1S/C9H11NS/c1-8-5-7-11-9(8)4-2-3-6-10/h5,7H,3,6,10H2,1H3. The molecule has 0 atom stereocenters. The van der Waals surface area contributed by atoms with Crippen LogP contribution in [0.5, 0.6) is 0 Å². The lowest BCUT2D eigenvalue weighted by molar-refractivity contribution is 1.03. The van der Waals surface area contributed by atoms with Crippen molar-refractivity contribution in [3.05, 3.63) is 21.9 Å². The molecule has 1 heterocycles. The summed E-state index contributed by atoms with van der Waals surface area (Å²) in [5, 5.41) is 2.06. The summed E-state index contributed by atoms with van der Waals surface area (Å²) in [6.07, 6.45) is 0.789. The first kappa shape index (κ1) is 8.32. The molecule has 0 aliphatic carbocycles. The Balaban J connectivity index is 2.65. The van der Waals surface area contributed by atoms with Gasteiger partial charge in [0.1, 0.15) is 0 Å². The van der Waals surface area contributed by atoms with Crippen molar-refractivity contribution in [3.8, 4) is 11.8 Å². The molecular formula is C9H11NS. The normalized spacial score (nSPS) is 8.91. The van der Waals surface area contributed by atoms with Gasteiger partial charge in [0.2, 0.25) is 0 Å². The van der Waals surface area contributed by atoms with Crippen LogP contribution in [0.3, 0.4) is 0 Å². The van der Waals surface area contributed by atoms with Gasteiger partial charge in [-0.15, -0.1) is 11.3 Å². The van der Waals surface area contributed by atoms with E-state index in [1.165, 1.54) is 10.4 Å². The van der Waals surface area contributed by atoms with Crippen LogP contribution in [0.25, 0.3) is 0 Å². The fourth-order valence-electron chi connectivity index (χ4n) is 0.716. The van der Waals surface area contributed by atoms with Crippen LogP contribution in [0.4, 0.5) is 0 Å². The van der Waals surface area contributed by atoms with Gasteiger partial charge >= 0.3 is 0 Å². The summed E-state index contributed by atoms with van der Waals surface area (Å²) >= 11 is 1.69. The van der Waals surface area contributed by atoms with Gasteiger partial charge in [0, 0.05) is 13.0 Å². The molecule has 0 aliphatic rings. The first-order valence-corrected chi connectivity index (χ1v) is 4.45. The zero-order valence-electron chi connectivity index (χ0n) is 6.55. The third kappa shape index (κ3) is 2.38. The lowest BCUT2D eigenvalue weighted by Gasteiger charge is -1.83. The van der Waals surface area contributed by atoms with Gasteiger partial charge in [0.05, 0.1) is 4.88 Å². The second-order valence-electron chi connectivity index (χ2n) is 2.27. The van der Waals surface area contributed by atoms with E-state index in [1.807, 2.05) is 0 Å². The van der Waals surface area contributed by atoms with Crippen molar-refractivity contribution in [2.75, 3.05) is 6.54 Å². The van der Waals surface area contributed by atoms with Gasteiger partial charge in [-0.3, -0.25) is 0 Å². The van der Waals surface area contributed by atoms with Crippen LogP contribution < -0.4 is 5.73 Å². The summed E-state index contributed by atoms with van der Waals surface area (Å²) in [5.74, 6) is 6.10. The van der Waals surface area contributed by atoms with E-state index in [2.05, 4.69) is 30.2 Å². The van der Waals surface area contributed by atoms with E-state index in [0.29, 0.717) is 6.54 Å². The summed E-state index contributed by atoms with van der Waals surface area (Å²) in [6, 6.07) is 2.08. The maximum Gasteiger partial charge on any atom is 0.0797 e. The van der Waals surface area contributed by atoms with Crippen molar-refractivity contribution in [2.45, 2.75) is 13.3 Å². The molecule has 0 spiro atoms. The predicted octanol–water partition coefficient (Wildman–Crippen LogP) is 1.76. The molecule has 0 aromatic carbocycles. The van der Waals surface area contributed by atoms with E-state index in [0.717, 1.165) is 6.42 Å². The highest BCUT2D eigenvalue weighted by atomic mass is 32.1. The maximum atomic E-state index is 5.31. The molecule has 11 heavy (non-hydrogen) atoms. The predicted molar refractivity (Wildman–Crippen MR) is 49.6 cm³/mol. The lowest BCUT2D eigenvalue weighted by Crippen LogP contribution is -1.95. The first-order valence-electron chi connectivity index (χ1n) is 3.57. The second-order valence-corrected chi connectivity index (χ2v) is 3.19. The molecule has 0 unspecified atom stereocenters. The highest BCUT2D eigenvalue weighted by Crippen LogP contribution is 2.13. The summed E-state index contributed by atoms with van der Waals surface area (Å²) < 4.78 is 0. The highest BCUT2D eigenvalue weighted by molar-refractivity contribution is 7.10. The van der Waals surface area contributed by atoms with Crippen molar-refractivity contribution in [3.63, 3.8) is 0 Å². The van der Waals surface area contributed by atoms with E-state index in [-0.39, 0.29) is 0 Å². The molecule has 1 aromatic heterocycles. The molecule has 1 aromatic rings. The molecule has 2 N–H and O–H groups in total. The van der Waals surface area contributed by atoms with Crippen molar-refractivity contribution >= 4 is 11.3 Å². The van der Waals surface area contributed by atoms with Gasteiger partial charge in [-0.2, -0.15) is 0 Å². The Morgan fingerprint density at radius 1 is 1.64 bits per heavy atom. The smallest absolute Gasteiger partial charge is 0.0797 e. The van der Waals surface area contributed by atoms with Crippen LogP contribution in [-0.4, -0.2) is 6.54 Å². The molecule has 0 aliphatic heterocycles. The Morgan fingerprint density at radius 3 is 3.00 bits per heavy atom. The van der Waals surface area contributed by atoms with Crippen LogP contribution >= 0.6 is 11.3 Å². The van der Waals surface area contributed by atoms with Crippen LogP contribution in [0.15, 0.2) is 11.4 Å². The molecule has 1 nitrogen and oxygen atoms in total. The molecule has 2 heteroatoms. The summed E-state index contributed by atoms with van der Waals surface area (Å²) in [7, 11) is 0. The Kier molecular flexibility index (Phi) is 3.15. The van der Waals surface area contributed by atoms with Gasteiger partial charge in [-0.25, -0.2) is 0 Å². The number of hydrogen-bond donors (Lipinski definition) is 1. The van der Waals surface area contributed by atoms with Crippen molar-refractivity contribution in [1.29, 1.82) is 0 Å². The summed E-state index contributed by atoms with van der Waals surface area (Å²) in [5.41, 5.74) is 6.57. The average Bonchev–Trinajstić information content (AvgIpc) is 2.37. The van der Waals surface area contributed by atoms with Gasteiger partial charge in [-0.1, -0.05) is 11.8 Å². The van der Waals surface area contributed by atoms with Crippen molar-refractivity contribution in [2.24, 2.45) is 5.73 Å². The van der Waals surface area contributed by atoms with Gasteiger partial charge in [0.15, 0.2) is 0 Å². The minimum absolute atomic E-state index is 0.650. The molecule has 0 fully saturated rings. The summed E-state index contributed by atoms with van der Waals surface area (Å²) in [4.78, 5) is 1.17. The van der Waals surface area contributed by atoms with Crippen LogP contribution in [-0.2, 0) is 0 Å². The van der Waals surface area contributed by atoms with E-state index in [4.69, 9.17) is 5.73 Å². The third-order valence-corrected chi connectivity index (χ3v) is 2.27. The van der Waals surface area contributed by atoms with E-state index in [1.54, 1.807) is 11.3 Å². The Hall–Kier alpha value is -0.780. The van der Waals surface area contributed by atoms with Crippen LogP contribution in [0.2, 0.25) is 0 Å². The fraction of sp³-hybridized carbons (Fsp3) is 0.333. The second kappa shape index (κ2) is 4.17. The number of aryl methyl sites for hydroxylation is 1. The van der Waals surface area contributed by atoms with E-state index in [9.17, 15) is 0 Å². The number of thiophene rings is 1.